The zero-order chi connectivity index (χ0) is 20.0. The molecule has 10 heteroatoms. The lowest BCUT2D eigenvalue weighted by Crippen LogP contribution is -2.41. The van der Waals surface area contributed by atoms with Gasteiger partial charge in [-0.05, 0) is 19.1 Å². The van der Waals surface area contributed by atoms with Crippen molar-refractivity contribution in [3.8, 4) is 0 Å². The lowest BCUT2D eigenvalue weighted by atomic mass is 10.1. The van der Waals surface area contributed by atoms with E-state index in [-0.39, 0.29) is 29.0 Å². The molecule has 2 aromatic rings. The average Bonchev–Trinajstić information content (AvgIpc) is 2.66. The van der Waals surface area contributed by atoms with E-state index in [1.165, 1.54) is 36.4 Å². The standard InChI is InChI=1S/C17H16N4O6/c1-11(19-17(23)13-5-3-7-15(9-13)21(26)27)10-18-16(22)12-4-2-6-14(8-12)20(24)25/h2-9,11H,10H2,1H3,(H,18,22)(H,19,23). The maximum atomic E-state index is 12.1. The fraction of sp³-hybridized carbons (Fsp3) is 0.176. The van der Waals surface area contributed by atoms with Crippen LogP contribution in [0.25, 0.3) is 0 Å². The number of hydrogen-bond acceptors (Lipinski definition) is 6. The minimum Gasteiger partial charge on any atom is -0.350 e. The highest BCUT2D eigenvalue weighted by Crippen LogP contribution is 2.14. The third-order valence-electron chi connectivity index (χ3n) is 3.58. The first-order valence-corrected chi connectivity index (χ1v) is 7.86. The van der Waals surface area contributed by atoms with E-state index in [0.29, 0.717) is 0 Å². The molecule has 2 aromatic carbocycles. The summed E-state index contributed by atoms with van der Waals surface area (Å²) in [6.45, 7) is 1.71. The van der Waals surface area contributed by atoms with Crippen molar-refractivity contribution in [2.75, 3.05) is 6.54 Å². The molecule has 0 aliphatic rings. The number of hydrogen-bond donors (Lipinski definition) is 2. The van der Waals surface area contributed by atoms with E-state index in [1.807, 2.05) is 0 Å². The minimum absolute atomic E-state index is 0.0716. The quantitative estimate of drug-likeness (QED) is 0.562. The van der Waals surface area contributed by atoms with Crippen LogP contribution in [0.2, 0.25) is 0 Å². The van der Waals surface area contributed by atoms with Crippen LogP contribution in [-0.2, 0) is 0 Å². The first-order valence-electron chi connectivity index (χ1n) is 7.86. The smallest absolute Gasteiger partial charge is 0.270 e. The lowest BCUT2D eigenvalue weighted by Gasteiger charge is -2.15. The fourth-order valence-electron chi connectivity index (χ4n) is 2.23. The number of carbonyl (C=O) groups is 2. The van der Waals surface area contributed by atoms with Crippen LogP contribution in [0.4, 0.5) is 11.4 Å². The van der Waals surface area contributed by atoms with Gasteiger partial charge in [0.15, 0.2) is 0 Å². The summed E-state index contributed by atoms with van der Waals surface area (Å²) in [5.41, 5.74) is -0.147. The first kappa shape index (κ1) is 19.5. The fourth-order valence-corrected chi connectivity index (χ4v) is 2.23. The van der Waals surface area contributed by atoms with Crippen LogP contribution in [0.15, 0.2) is 48.5 Å². The Bertz CT molecular complexity index is 898. The lowest BCUT2D eigenvalue weighted by molar-refractivity contribution is -0.385. The molecule has 0 radical (unpaired) electrons. The van der Waals surface area contributed by atoms with Gasteiger partial charge in [0, 0.05) is 48.0 Å². The Morgan fingerprint density at radius 1 is 0.926 bits per heavy atom. The van der Waals surface area contributed by atoms with Gasteiger partial charge in [0.25, 0.3) is 23.2 Å². The summed E-state index contributed by atoms with van der Waals surface area (Å²) in [6.07, 6.45) is 0. The van der Waals surface area contributed by atoms with E-state index in [1.54, 1.807) is 6.92 Å². The molecule has 10 nitrogen and oxygen atoms in total. The Hall–Kier alpha value is -3.82. The van der Waals surface area contributed by atoms with Crippen molar-refractivity contribution >= 4 is 23.2 Å². The van der Waals surface area contributed by atoms with Crippen LogP contribution in [-0.4, -0.2) is 34.2 Å². The van der Waals surface area contributed by atoms with E-state index < -0.39 is 27.7 Å². The van der Waals surface area contributed by atoms with Gasteiger partial charge in [0.05, 0.1) is 9.85 Å². The molecule has 0 aromatic heterocycles. The predicted octanol–water partition coefficient (Wildman–Crippen LogP) is 2.05. The number of carbonyl (C=O) groups excluding carboxylic acids is 2. The van der Waals surface area contributed by atoms with Crippen molar-refractivity contribution in [1.82, 2.24) is 10.6 Å². The van der Waals surface area contributed by atoms with Crippen LogP contribution >= 0.6 is 0 Å². The number of nitrogens with one attached hydrogen (secondary N) is 2. The summed E-state index contributed by atoms with van der Waals surface area (Å²) in [5.74, 6) is -1.04. The monoisotopic (exact) mass is 372 g/mol. The highest BCUT2D eigenvalue weighted by atomic mass is 16.6. The van der Waals surface area contributed by atoms with Crippen LogP contribution in [0.3, 0.4) is 0 Å². The van der Waals surface area contributed by atoms with Crippen molar-refractivity contribution in [3.05, 3.63) is 79.9 Å². The number of nitro benzene ring substituents is 2. The van der Waals surface area contributed by atoms with E-state index in [9.17, 15) is 29.8 Å². The largest absolute Gasteiger partial charge is 0.350 e. The Morgan fingerprint density at radius 2 is 1.41 bits per heavy atom. The van der Waals surface area contributed by atoms with Crippen LogP contribution in [0, 0.1) is 20.2 Å². The van der Waals surface area contributed by atoms with Crippen molar-refractivity contribution in [1.29, 1.82) is 0 Å². The van der Waals surface area contributed by atoms with Crippen molar-refractivity contribution in [2.45, 2.75) is 13.0 Å². The van der Waals surface area contributed by atoms with Gasteiger partial charge in [-0.25, -0.2) is 0 Å². The molecule has 1 unspecified atom stereocenters. The normalized spacial score (nSPS) is 11.3. The third kappa shape index (κ3) is 5.33. The molecule has 0 spiro atoms. The maximum absolute atomic E-state index is 12.1. The number of benzene rings is 2. The Kier molecular flexibility index (Phi) is 6.15. The molecule has 0 aliphatic carbocycles. The molecule has 0 saturated carbocycles. The number of nitro groups is 2. The van der Waals surface area contributed by atoms with E-state index in [2.05, 4.69) is 10.6 Å². The van der Waals surface area contributed by atoms with Gasteiger partial charge in [-0.2, -0.15) is 0 Å². The van der Waals surface area contributed by atoms with Gasteiger partial charge in [0.1, 0.15) is 0 Å². The molecule has 2 rings (SSSR count). The molecule has 0 fully saturated rings. The number of amides is 2. The summed E-state index contributed by atoms with van der Waals surface area (Å²) >= 11 is 0. The van der Waals surface area contributed by atoms with Crippen LogP contribution in [0.1, 0.15) is 27.6 Å². The predicted molar refractivity (Wildman–Crippen MR) is 95.5 cm³/mol. The number of non-ortho nitro benzene ring substituents is 2. The Morgan fingerprint density at radius 3 is 1.89 bits per heavy atom. The van der Waals surface area contributed by atoms with E-state index in [0.717, 1.165) is 12.1 Å². The SMILES string of the molecule is CC(CNC(=O)c1cccc([N+](=O)[O-])c1)NC(=O)c1cccc([N+](=O)[O-])c1. The van der Waals surface area contributed by atoms with Gasteiger partial charge < -0.3 is 10.6 Å². The summed E-state index contributed by atoms with van der Waals surface area (Å²) in [7, 11) is 0. The van der Waals surface area contributed by atoms with Gasteiger partial charge in [-0.3, -0.25) is 29.8 Å². The second-order valence-corrected chi connectivity index (χ2v) is 5.70. The van der Waals surface area contributed by atoms with Gasteiger partial charge in [-0.15, -0.1) is 0 Å². The van der Waals surface area contributed by atoms with Crippen molar-refractivity contribution < 1.29 is 19.4 Å². The molecule has 2 amide bonds. The summed E-state index contributed by atoms with van der Waals surface area (Å²) < 4.78 is 0. The summed E-state index contributed by atoms with van der Waals surface area (Å²) in [5, 5.41) is 26.7. The zero-order valence-electron chi connectivity index (χ0n) is 14.2. The van der Waals surface area contributed by atoms with Crippen LogP contribution < -0.4 is 10.6 Å². The van der Waals surface area contributed by atoms with Crippen molar-refractivity contribution in [3.63, 3.8) is 0 Å². The molecular formula is C17H16N4O6. The summed E-state index contributed by atoms with van der Waals surface area (Å²) in [4.78, 5) is 44.5. The molecule has 1 atom stereocenters. The Balaban J connectivity index is 1.93. The van der Waals surface area contributed by atoms with E-state index in [4.69, 9.17) is 0 Å². The highest BCUT2D eigenvalue weighted by molar-refractivity contribution is 5.96. The summed E-state index contributed by atoms with van der Waals surface area (Å²) in [6, 6.07) is 10.1. The van der Waals surface area contributed by atoms with Crippen LogP contribution in [0.5, 0.6) is 0 Å². The van der Waals surface area contributed by atoms with E-state index >= 15 is 0 Å². The molecule has 27 heavy (non-hydrogen) atoms. The molecule has 0 bridgehead atoms. The van der Waals surface area contributed by atoms with Gasteiger partial charge in [-0.1, -0.05) is 12.1 Å². The number of rotatable bonds is 7. The first-order chi connectivity index (χ1) is 12.8. The molecule has 140 valence electrons. The molecular weight excluding hydrogens is 356 g/mol. The average molecular weight is 372 g/mol. The number of nitrogens with zero attached hydrogens (tertiary/aromatic N) is 2. The highest BCUT2D eigenvalue weighted by Gasteiger charge is 2.15. The molecule has 0 saturated heterocycles. The molecule has 2 N–H and O–H groups in total. The molecule has 0 heterocycles. The topological polar surface area (TPSA) is 144 Å². The third-order valence-corrected chi connectivity index (χ3v) is 3.58. The maximum Gasteiger partial charge on any atom is 0.270 e. The second-order valence-electron chi connectivity index (χ2n) is 5.70. The Labute approximate surface area is 153 Å². The second kappa shape index (κ2) is 8.52. The minimum atomic E-state index is -0.599. The zero-order valence-corrected chi connectivity index (χ0v) is 14.2. The van der Waals surface area contributed by atoms with Gasteiger partial charge in [0.2, 0.25) is 0 Å². The molecule has 0 aliphatic heterocycles. The van der Waals surface area contributed by atoms with Crippen molar-refractivity contribution in [2.24, 2.45) is 0 Å². The van der Waals surface area contributed by atoms with Gasteiger partial charge >= 0.3 is 0 Å².